The van der Waals surface area contributed by atoms with E-state index >= 15 is 0 Å². The fourth-order valence-corrected chi connectivity index (χ4v) is 13.3. The summed E-state index contributed by atoms with van der Waals surface area (Å²) >= 11 is 0. The zero-order chi connectivity index (χ0) is 71.9. The van der Waals surface area contributed by atoms with Crippen molar-refractivity contribution in [1.29, 1.82) is 0 Å². The Kier molecular flexibility index (Phi) is 69.7. The van der Waals surface area contributed by atoms with Gasteiger partial charge in [-0.05, 0) is 57.3 Å². The first-order valence-electron chi connectivity index (χ1n) is 40.5. The van der Waals surface area contributed by atoms with E-state index in [1.807, 2.05) is 0 Å². The molecule has 0 heterocycles. The van der Waals surface area contributed by atoms with Gasteiger partial charge >= 0.3 is 39.5 Å². The topological polar surface area (TPSA) is 237 Å². The Hall–Kier alpha value is -2.46. The van der Waals surface area contributed by atoms with Crippen molar-refractivity contribution in [3.63, 3.8) is 0 Å². The number of aliphatic hydroxyl groups is 1. The van der Waals surface area contributed by atoms with Crippen LogP contribution in [0.25, 0.3) is 0 Å². The predicted molar refractivity (Wildman–Crippen MR) is 400 cm³/mol. The molecule has 0 bridgehead atoms. The molecule has 17 nitrogen and oxygen atoms in total. The summed E-state index contributed by atoms with van der Waals surface area (Å²) in [5.41, 5.74) is 0. The first-order valence-corrected chi connectivity index (χ1v) is 43.4. The Balaban J connectivity index is 5.16. The average molecular weight is 1430 g/mol. The molecule has 0 fully saturated rings. The number of hydrogen-bond donors (Lipinski definition) is 3. The molecule has 19 heteroatoms. The molecule has 0 spiro atoms. The van der Waals surface area contributed by atoms with Crippen molar-refractivity contribution in [1.82, 2.24) is 0 Å². The molecule has 0 saturated heterocycles. The summed E-state index contributed by atoms with van der Waals surface area (Å²) < 4.78 is 68.3. The van der Waals surface area contributed by atoms with Gasteiger partial charge in [-0.1, -0.05) is 341 Å². The minimum Gasteiger partial charge on any atom is -0.462 e. The molecule has 2 unspecified atom stereocenters. The Morgan fingerprint density at radius 2 is 0.551 bits per heavy atom. The molecule has 0 aliphatic rings. The molecular weight excluding hydrogens is 1280 g/mol. The van der Waals surface area contributed by atoms with Crippen LogP contribution < -0.4 is 0 Å². The normalized spacial score (nSPS) is 14.1. The zero-order valence-corrected chi connectivity index (χ0v) is 65.2. The lowest BCUT2D eigenvalue weighted by Crippen LogP contribution is -2.30. The number of ether oxygens (including phenoxy) is 4. The van der Waals surface area contributed by atoms with Crippen molar-refractivity contribution in [3.05, 3.63) is 24.3 Å². The van der Waals surface area contributed by atoms with Crippen LogP contribution in [0.4, 0.5) is 0 Å². The average Bonchev–Trinajstić information content (AvgIpc) is 0.991. The first kappa shape index (κ1) is 95.5. The van der Waals surface area contributed by atoms with Gasteiger partial charge in [0, 0.05) is 25.7 Å². The van der Waals surface area contributed by atoms with Crippen molar-refractivity contribution < 1.29 is 80.2 Å². The number of carbonyl (C=O) groups excluding carboxylic acids is 4. The molecular formula is C79H150O17P2. The minimum absolute atomic E-state index is 0.0844. The molecule has 0 rings (SSSR count). The van der Waals surface area contributed by atoms with E-state index in [1.54, 1.807) is 0 Å². The third-order valence-electron chi connectivity index (χ3n) is 17.9. The van der Waals surface area contributed by atoms with E-state index in [-0.39, 0.29) is 25.7 Å². The van der Waals surface area contributed by atoms with Gasteiger partial charge < -0.3 is 33.8 Å². The second-order valence-electron chi connectivity index (χ2n) is 28.2. The Morgan fingerprint density at radius 3 is 0.837 bits per heavy atom. The quantitative estimate of drug-likeness (QED) is 0.0169. The van der Waals surface area contributed by atoms with Crippen LogP contribution in [0.15, 0.2) is 24.3 Å². The van der Waals surface area contributed by atoms with Crippen molar-refractivity contribution in [2.75, 3.05) is 39.6 Å². The maximum absolute atomic E-state index is 13.1. The van der Waals surface area contributed by atoms with E-state index in [1.165, 1.54) is 199 Å². The maximum Gasteiger partial charge on any atom is 0.472 e. The van der Waals surface area contributed by atoms with Gasteiger partial charge in [-0.25, -0.2) is 9.13 Å². The molecule has 0 aromatic heterocycles. The number of esters is 4. The van der Waals surface area contributed by atoms with E-state index < -0.39 is 97.5 Å². The van der Waals surface area contributed by atoms with Crippen molar-refractivity contribution in [2.24, 2.45) is 5.92 Å². The van der Waals surface area contributed by atoms with Crippen LogP contribution in [-0.4, -0.2) is 96.7 Å². The zero-order valence-electron chi connectivity index (χ0n) is 63.4. The van der Waals surface area contributed by atoms with Gasteiger partial charge in [0.1, 0.15) is 19.3 Å². The number of aliphatic hydroxyl groups excluding tert-OH is 1. The smallest absolute Gasteiger partial charge is 0.462 e. The molecule has 0 aliphatic heterocycles. The molecule has 98 heavy (non-hydrogen) atoms. The Labute approximate surface area is 599 Å². The summed E-state index contributed by atoms with van der Waals surface area (Å²) in [6.07, 6.45) is 65.1. The highest BCUT2D eigenvalue weighted by Gasteiger charge is 2.30. The number of allylic oxidation sites excluding steroid dienone is 4. The van der Waals surface area contributed by atoms with E-state index in [0.717, 1.165) is 115 Å². The van der Waals surface area contributed by atoms with Gasteiger partial charge in [0.05, 0.1) is 26.4 Å². The summed E-state index contributed by atoms with van der Waals surface area (Å²) in [6, 6.07) is 0. The highest BCUT2D eigenvalue weighted by atomic mass is 31.2. The van der Waals surface area contributed by atoms with E-state index in [4.69, 9.17) is 37.0 Å². The molecule has 0 aromatic rings. The van der Waals surface area contributed by atoms with Crippen molar-refractivity contribution >= 4 is 39.5 Å². The lowest BCUT2D eigenvalue weighted by Gasteiger charge is -2.21. The number of phosphoric acid groups is 2. The lowest BCUT2D eigenvalue weighted by molar-refractivity contribution is -0.161. The minimum atomic E-state index is -4.96. The standard InChI is InChI=1S/C79H150O17P2/c1-6-9-12-15-17-19-21-23-25-26-27-28-29-33-38-42-46-50-55-60-65-79(84)96-75(69-90-77(82)63-58-53-48-44-40-36-34-30-32-35-39-43-47-52-56-61-72(4)5)71-94-98(87,88)92-67-73(80)66-91-97(85,86)93-70-74(68-89-76(81)62-57-51-14-11-8-3)95-78(83)64-59-54-49-45-41-37-31-24-22-20-18-16-13-10-7-2/h20,22,24,31,72-75,80H,6-19,21,23,25-30,32-71H2,1-5H3,(H,85,86)(H,87,88)/b22-20-,31-24-/t73-,74+,75+/m0/s1. The Morgan fingerprint density at radius 1 is 0.316 bits per heavy atom. The molecule has 0 aromatic carbocycles. The summed E-state index contributed by atoms with van der Waals surface area (Å²) in [4.78, 5) is 72.6. The van der Waals surface area contributed by atoms with Crippen LogP contribution in [0, 0.1) is 5.92 Å². The van der Waals surface area contributed by atoms with Crippen LogP contribution in [0.3, 0.4) is 0 Å². The van der Waals surface area contributed by atoms with E-state index in [2.05, 4.69) is 58.9 Å². The van der Waals surface area contributed by atoms with Gasteiger partial charge in [-0.2, -0.15) is 0 Å². The first-order chi connectivity index (χ1) is 47.5. The summed E-state index contributed by atoms with van der Waals surface area (Å²) in [5, 5.41) is 10.6. The van der Waals surface area contributed by atoms with E-state index in [0.29, 0.717) is 25.7 Å². The third kappa shape index (κ3) is 71.9. The fraction of sp³-hybridized carbons (Fsp3) is 0.899. The molecule has 0 radical (unpaired) electrons. The summed E-state index contributed by atoms with van der Waals surface area (Å²) in [5.74, 6) is -1.35. The molecule has 0 aliphatic carbocycles. The van der Waals surface area contributed by atoms with Crippen LogP contribution in [-0.2, 0) is 65.4 Å². The lowest BCUT2D eigenvalue weighted by atomic mass is 10.0. The molecule has 578 valence electrons. The van der Waals surface area contributed by atoms with E-state index in [9.17, 15) is 43.2 Å². The van der Waals surface area contributed by atoms with Crippen LogP contribution in [0.1, 0.15) is 394 Å². The largest absolute Gasteiger partial charge is 0.472 e. The maximum atomic E-state index is 13.1. The molecule has 5 atom stereocenters. The highest BCUT2D eigenvalue weighted by Crippen LogP contribution is 2.45. The number of phosphoric ester groups is 2. The molecule has 0 amide bonds. The van der Waals surface area contributed by atoms with Gasteiger partial charge in [0.25, 0.3) is 0 Å². The SMILES string of the molecule is CCCCCC/C=C\C=C/CCCCCCCC(=O)O[C@H](COC(=O)CCCCCCC)COP(=O)(O)OC[C@H](O)COP(=O)(O)OC[C@@H](COC(=O)CCCCCCCCCCCCCCCCCC(C)C)OC(=O)CCCCCCCCCCCCCCCCCCCCCC. The number of carbonyl (C=O) groups is 4. The van der Waals surface area contributed by atoms with Gasteiger partial charge in [0.2, 0.25) is 0 Å². The Bertz CT molecular complexity index is 1970. The van der Waals surface area contributed by atoms with Crippen LogP contribution in [0.5, 0.6) is 0 Å². The van der Waals surface area contributed by atoms with Gasteiger partial charge in [0.15, 0.2) is 12.2 Å². The number of unbranched alkanes of at least 4 members (excludes halogenated alkanes) is 46. The fourth-order valence-electron chi connectivity index (χ4n) is 11.7. The summed E-state index contributed by atoms with van der Waals surface area (Å²) in [6.45, 7) is 7.18. The van der Waals surface area contributed by atoms with Gasteiger partial charge in [-0.3, -0.25) is 37.3 Å². The number of hydrogen-bond acceptors (Lipinski definition) is 15. The number of rotatable bonds is 77. The van der Waals surface area contributed by atoms with Crippen molar-refractivity contribution in [2.45, 2.75) is 412 Å². The summed E-state index contributed by atoms with van der Waals surface area (Å²) in [7, 11) is -9.92. The monoisotopic (exact) mass is 1430 g/mol. The van der Waals surface area contributed by atoms with Gasteiger partial charge in [-0.15, -0.1) is 0 Å². The molecule has 0 saturated carbocycles. The second-order valence-corrected chi connectivity index (χ2v) is 31.2. The van der Waals surface area contributed by atoms with Crippen molar-refractivity contribution in [3.8, 4) is 0 Å². The second kappa shape index (κ2) is 71.5. The van der Waals surface area contributed by atoms with Crippen LogP contribution >= 0.6 is 15.6 Å². The predicted octanol–water partition coefficient (Wildman–Crippen LogP) is 23.2. The third-order valence-corrected chi connectivity index (χ3v) is 19.8. The molecule has 3 N–H and O–H groups in total. The highest BCUT2D eigenvalue weighted by molar-refractivity contribution is 7.47. The van der Waals surface area contributed by atoms with Crippen LogP contribution in [0.2, 0.25) is 0 Å².